The predicted molar refractivity (Wildman–Crippen MR) is 72.9 cm³/mol. The molecule has 1 amide bonds. The van der Waals surface area contributed by atoms with E-state index >= 15 is 0 Å². The van der Waals surface area contributed by atoms with Gasteiger partial charge in [0.05, 0.1) is 10.4 Å². The summed E-state index contributed by atoms with van der Waals surface area (Å²) in [6.45, 7) is 2.02. The fourth-order valence-electron chi connectivity index (χ4n) is 1.43. The van der Waals surface area contributed by atoms with Gasteiger partial charge in [-0.25, -0.2) is 4.79 Å². The number of nitrogens with one attached hydrogen (secondary N) is 1. The van der Waals surface area contributed by atoms with Gasteiger partial charge in [-0.05, 0) is 30.0 Å². The van der Waals surface area contributed by atoms with E-state index in [1.807, 2.05) is 13.0 Å². The molecular formula is C12H11NO3S2. The Morgan fingerprint density at radius 2 is 2.11 bits per heavy atom. The van der Waals surface area contributed by atoms with Crippen molar-refractivity contribution in [1.29, 1.82) is 0 Å². The molecule has 0 radical (unpaired) electrons. The van der Waals surface area contributed by atoms with Crippen molar-refractivity contribution >= 4 is 39.6 Å². The zero-order valence-electron chi connectivity index (χ0n) is 9.60. The Morgan fingerprint density at radius 3 is 2.72 bits per heavy atom. The summed E-state index contributed by atoms with van der Waals surface area (Å²) >= 11 is 2.63. The fourth-order valence-corrected chi connectivity index (χ4v) is 3.05. The highest BCUT2D eigenvalue weighted by atomic mass is 32.1. The van der Waals surface area contributed by atoms with Crippen LogP contribution in [0, 0.1) is 0 Å². The molecule has 0 unspecified atom stereocenters. The molecular weight excluding hydrogens is 270 g/mol. The van der Waals surface area contributed by atoms with E-state index < -0.39 is 5.97 Å². The van der Waals surface area contributed by atoms with Crippen molar-refractivity contribution in [3.05, 3.63) is 38.9 Å². The number of rotatable bonds is 4. The van der Waals surface area contributed by atoms with E-state index in [9.17, 15) is 9.59 Å². The van der Waals surface area contributed by atoms with Gasteiger partial charge in [-0.3, -0.25) is 4.79 Å². The van der Waals surface area contributed by atoms with Crippen molar-refractivity contribution in [3.8, 4) is 0 Å². The molecule has 94 valence electrons. The lowest BCUT2D eigenvalue weighted by Gasteiger charge is -2.01. The first-order valence-electron chi connectivity index (χ1n) is 5.32. The van der Waals surface area contributed by atoms with E-state index in [2.05, 4.69) is 5.32 Å². The van der Waals surface area contributed by atoms with Crippen LogP contribution in [0.1, 0.15) is 31.8 Å². The van der Waals surface area contributed by atoms with Crippen LogP contribution in [0.4, 0.5) is 5.00 Å². The van der Waals surface area contributed by atoms with Crippen LogP contribution in [-0.2, 0) is 6.42 Å². The summed E-state index contributed by atoms with van der Waals surface area (Å²) in [6, 6.07) is 5.15. The van der Waals surface area contributed by atoms with Crippen LogP contribution in [0.5, 0.6) is 0 Å². The van der Waals surface area contributed by atoms with Gasteiger partial charge in [0.2, 0.25) is 0 Å². The van der Waals surface area contributed by atoms with Gasteiger partial charge in [-0.15, -0.1) is 22.7 Å². The molecule has 6 heteroatoms. The lowest BCUT2D eigenvalue weighted by Crippen LogP contribution is -2.11. The van der Waals surface area contributed by atoms with Gasteiger partial charge < -0.3 is 10.4 Å². The zero-order chi connectivity index (χ0) is 13.1. The smallest absolute Gasteiger partial charge is 0.338 e. The molecule has 0 atom stereocenters. The third-order valence-electron chi connectivity index (χ3n) is 2.36. The molecule has 2 rings (SSSR count). The van der Waals surface area contributed by atoms with Crippen molar-refractivity contribution in [2.75, 3.05) is 5.32 Å². The number of aryl methyl sites for hydroxylation is 1. The topological polar surface area (TPSA) is 66.4 Å². The maximum atomic E-state index is 11.9. The standard InChI is InChI=1S/C12H11NO3S2/c1-2-7-3-4-9(18-7)10(14)13-11-8(12(15)16)5-6-17-11/h3-6H,2H2,1H3,(H,13,14)(H,15,16). The molecule has 0 aliphatic heterocycles. The summed E-state index contributed by atoms with van der Waals surface area (Å²) in [5, 5.41) is 13.6. The highest BCUT2D eigenvalue weighted by Gasteiger charge is 2.15. The number of carboxylic acids is 1. The molecule has 0 aromatic carbocycles. The van der Waals surface area contributed by atoms with Gasteiger partial charge in [0.25, 0.3) is 5.91 Å². The Balaban J connectivity index is 2.16. The molecule has 2 N–H and O–H groups in total. The molecule has 0 bridgehead atoms. The number of hydrogen-bond donors (Lipinski definition) is 2. The molecule has 18 heavy (non-hydrogen) atoms. The number of hydrogen-bond acceptors (Lipinski definition) is 4. The van der Waals surface area contributed by atoms with E-state index in [0.29, 0.717) is 9.88 Å². The average Bonchev–Trinajstić information content (AvgIpc) is 2.96. The lowest BCUT2D eigenvalue weighted by molar-refractivity contribution is 0.0698. The first-order chi connectivity index (χ1) is 8.61. The van der Waals surface area contributed by atoms with E-state index in [1.54, 1.807) is 11.4 Å². The summed E-state index contributed by atoms with van der Waals surface area (Å²) in [7, 11) is 0. The van der Waals surface area contributed by atoms with Gasteiger partial charge in [-0.1, -0.05) is 6.92 Å². The molecule has 4 nitrogen and oxygen atoms in total. The number of aromatic carboxylic acids is 1. The Labute approximate surface area is 112 Å². The van der Waals surface area contributed by atoms with Crippen molar-refractivity contribution in [2.45, 2.75) is 13.3 Å². The zero-order valence-corrected chi connectivity index (χ0v) is 11.2. The van der Waals surface area contributed by atoms with Gasteiger partial charge in [-0.2, -0.15) is 0 Å². The molecule has 0 spiro atoms. The molecule has 0 aliphatic carbocycles. The Kier molecular flexibility index (Phi) is 3.78. The van der Waals surface area contributed by atoms with E-state index in [0.717, 1.165) is 11.3 Å². The summed E-state index contributed by atoms with van der Waals surface area (Å²) in [5.74, 6) is -1.29. The highest BCUT2D eigenvalue weighted by Crippen LogP contribution is 2.25. The van der Waals surface area contributed by atoms with E-state index in [1.165, 1.54) is 28.7 Å². The molecule has 2 aromatic rings. The predicted octanol–water partition coefficient (Wildman–Crippen LogP) is 3.32. The second-order valence-corrected chi connectivity index (χ2v) is 5.63. The fraction of sp³-hybridized carbons (Fsp3) is 0.167. The lowest BCUT2D eigenvalue weighted by atomic mass is 10.3. The van der Waals surface area contributed by atoms with Gasteiger partial charge in [0, 0.05) is 4.88 Å². The SMILES string of the molecule is CCc1ccc(C(=O)Nc2sccc2C(=O)O)s1. The summed E-state index contributed by atoms with van der Waals surface area (Å²) in [4.78, 5) is 24.6. The van der Waals surface area contributed by atoms with Crippen LogP contribution in [0.25, 0.3) is 0 Å². The largest absolute Gasteiger partial charge is 0.478 e. The first kappa shape index (κ1) is 12.8. The normalized spacial score (nSPS) is 10.3. The van der Waals surface area contributed by atoms with Crippen molar-refractivity contribution < 1.29 is 14.7 Å². The minimum absolute atomic E-state index is 0.126. The minimum Gasteiger partial charge on any atom is -0.478 e. The average molecular weight is 281 g/mol. The minimum atomic E-state index is -1.04. The molecule has 0 saturated carbocycles. The monoisotopic (exact) mass is 281 g/mol. The molecule has 0 aliphatic rings. The number of anilines is 1. The first-order valence-corrected chi connectivity index (χ1v) is 7.02. The van der Waals surface area contributed by atoms with E-state index in [-0.39, 0.29) is 11.5 Å². The number of carboxylic acid groups (broad SMARTS) is 1. The highest BCUT2D eigenvalue weighted by molar-refractivity contribution is 7.15. The van der Waals surface area contributed by atoms with Gasteiger partial charge in [0.15, 0.2) is 0 Å². The quantitative estimate of drug-likeness (QED) is 0.903. The van der Waals surface area contributed by atoms with Crippen molar-refractivity contribution in [2.24, 2.45) is 0 Å². The Morgan fingerprint density at radius 1 is 1.33 bits per heavy atom. The number of thiophene rings is 2. The second kappa shape index (κ2) is 5.32. The van der Waals surface area contributed by atoms with Gasteiger partial charge >= 0.3 is 5.97 Å². The number of carbonyl (C=O) groups excluding carboxylic acids is 1. The van der Waals surface area contributed by atoms with Crippen LogP contribution in [0.3, 0.4) is 0 Å². The third kappa shape index (κ3) is 2.60. The summed E-state index contributed by atoms with van der Waals surface area (Å²) < 4.78 is 0. The van der Waals surface area contributed by atoms with E-state index in [4.69, 9.17) is 5.11 Å². The van der Waals surface area contributed by atoms with Crippen LogP contribution in [0.15, 0.2) is 23.6 Å². The van der Waals surface area contributed by atoms with Gasteiger partial charge in [0.1, 0.15) is 5.00 Å². The van der Waals surface area contributed by atoms with Crippen LogP contribution in [-0.4, -0.2) is 17.0 Å². The second-order valence-electron chi connectivity index (χ2n) is 3.54. The molecule has 2 heterocycles. The van der Waals surface area contributed by atoms with Crippen LogP contribution < -0.4 is 5.32 Å². The Bertz CT molecular complexity index is 586. The Hall–Kier alpha value is -1.66. The number of carbonyl (C=O) groups is 2. The van der Waals surface area contributed by atoms with Crippen LogP contribution >= 0.6 is 22.7 Å². The maximum absolute atomic E-state index is 11.9. The summed E-state index contributed by atoms with van der Waals surface area (Å²) in [5.41, 5.74) is 0.126. The molecule has 2 aromatic heterocycles. The molecule has 0 fully saturated rings. The maximum Gasteiger partial charge on any atom is 0.338 e. The third-order valence-corrected chi connectivity index (χ3v) is 4.41. The summed E-state index contributed by atoms with van der Waals surface area (Å²) in [6.07, 6.45) is 0.886. The van der Waals surface area contributed by atoms with Crippen molar-refractivity contribution in [3.63, 3.8) is 0 Å². The van der Waals surface area contributed by atoms with Crippen molar-refractivity contribution in [1.82, 2.24) is 0 Å². The number of amides is 1. The van der Waals surface area contributed by atoms with Crippen LogP contribution in [0.2, 0.25) is 0 Å². The molecule has 0 saturated heterocycles.